The molecule has 3 rings (SSSR count). The Morgan fingerprint density at radius 1 is 0.733 bits per heavy atom. The van der Waals surface area contributed by atoms with Crippen LogP contribution in [0.15, 0.2) is 60.0 Å². The third kappa shape index (κ3) is 1.45. The van der Waals surface area contributed by atoms with Crippen LogP contribution in [0.2, 0.25) is 0 Å². The molecule has 3 aromatic rings. The summed E-state index contributed by atoms with van der Waals surface area (Å²) in [5.41, 5.74) is 2.62. The summed E-state index contributed by atoms with van der Waals surface area (Å²) in [6.45, 7) is 0. The van der Waals surface area contributed by atoms with Crippen LogP contribution in [0.1, 0.15) is 0 Å². The van der Waals surface area contributed by atoms with Gasteiger partial charge < -0.3 is 0 Å². The molecule has 0 atom stereocenters. The quantitative estimate of drug-likeness (QED) is 0.552. The summed E-state index contributed by atoms with van der Waals surface area (Å²) < 4.78 is 1.36. The first-order valence-corrected chi connectivity index (χ1v) is 5.85. The van der Waals surface area contributed by atoms with Crippen LogP contribution >= 0.6 is 11.3 Å². The molecule has 0 fully saturated rings. The maximum atomic E-state index is 2.20. The minimum atomic E-state index is 1.29. The lowest BCUT2D eigenvalue weighted by Crippen LogP contribution is -1.76. The van der Waals surface area contributed by atoms with E-state index in [4.69, 9.17) is 0 Å². The molecule has 2 aromatic carbocycles. The van der Waals surface area contributed by atoms with Gasteiger partial charge in [0.15, 0.2) is 0 Å². The van der Waals surface area contributed by atoms with E-state index in [1.54, 1.807) is 11.3 Å². The molecule has 0 aliphatic carbocycles. The van der Waals surface area contributed by atoms with E-state index in [0.717, 1.165) is 0 Å². The zero-order chi connectivity index (χ0) is 10.1. The maximum Gasteiger partial charge on any atom is 0.0348 e. The molecule has 0 spiro atoms. The fourth-order valence-electron chi connectivity index (χ4n) is 1.86. The minimum absolute atomic E-state index is 1.29. The van der Waals surface area contributed by atoms with Crippen molar-refractivity contribution in [3.8, 4) is 11.1 Å². The molecule has 0 bridgehead atoms. The molecule has 0 radical (unpaired) electrons. The second-order valence-electron chi connectivity index (χ2n) is 3.50. The summed E-state index contributed by atoms with van der Waals surface area (Å²) in [6, 6.07) is 19.2. The maximum absolute atomic E-state index is 2.20. The summed E-state index contributed by atoms with van der Waals surface area (Å²) in [5, 5.41) is 3.51. The van der Waals surface area contributed by atoms with E-state index < -0.39 is 0 Å². The van der Waals surface area contributed by atoms with Gasteiger partial charge >= 0.3 is 0 Å². The van der Waals surface area contributed by atoms with E-state index in [9.17, 15) is 0 Å². The molecule has 0 amide bonds. The summed E-state index contributed by atoms with van der Waals surface area (Å²) in [5.74, 6) is 0. The van der Waals surface area contributed by atoms with Crippen molar-refractivity contribution in [1.82, 2.24) is 0 Å². The number of benzene rings is 2. The lowest BCUT2D eigenvalue weighted by atomic mass is 10.0. The van der Waals surface area contributed by atoms with Gasteiger partial charge in [-0.1, -0.05) is 42.5 Å². The van der Waals surface area contributed by atoms with E-state index in [0.29, 0.717) is 0 Å². The second-order valence-corrected chi connectivity index (χ2v) is 4.45. The van der Waals surface area contributed by atoms with Crippen LogP contribution in [-0.2, 0) is 0 Å². The molecule has 0 unspecified atom stereocenters. The molecule has 0 saturated heterocycles. The highest BCUT2D eigenvalue weighted by Gasteiger charge is 2.02. The average molecular weight is 210 g/mol. The van der Waals surface area contributed by atoms with Gasteiger partial charge in [0, 0.05) is 10.1 Å². The molecular weight excluding hydrogens is 200 g/mol. The van der Waals surface area contributed by atoms with E-state index in [1.807, 2.05) is 0 Å². The first-order chi connectivity index (χ1) is 7.45. The van der Waals surface area contributed by atoms with Crippen LogP contribution in [0.4, 0.5) is 0 Å². The Morgan fingerprint density at radius 3 is 2.47 bits per heavy atom. The van der Waals surface area contributed by atoms with E-state index >= 15 is 0 Å². The third-order valence-electron chi connectivity index (χ3n) is 2.58. The van der Waals surface area contributed by atoms with Crippen molar-refractivity contribution >= 4 is 21.4 Å². The van der Waals surface area contributed by atoms with Crippen LogP contribution in [0.25, 0.3) is 21.2 Å². The van der Waals surface area contributed by atoms with Gasteiger partial charge in [0.05, 0.1) is 0 Å². The van der Waals surface area contributed by atoms with Crippen molar-refractivity contribution in [1.29, 1.82) is 0 Å². The largest absolute Gasteiger partial charge is 0.144 e. The monoisotopic (exact) mass is 210 g/mol. The Kier molecular flexibility index (Phi) is 2.04. The van der Waals surface area contributed by atoms with Crippen LogP contribution in [0.5, 0.6) is 0 Å². The zero-order valence-electron chi connectivity index (χ0n) is 8.18. The molecule has 0 saturated carbocycles. The van der Waals surface area contributed by atoms with Crippen molar-refractivity contribution in [2.45, 2.75) is 0 Å². The summed E-state index contributed by atoms with van der Waals surface area (Å²) in [4.78, 5) is 0. The van der Waals surface area contributed by atoms with E-state index in [2.05, 4.69) is 60.0 Å². The van der Waals surface area contributed by atoms with E-state index in [-0.39, 0.29) is 0 Å². The Balaban J connectivity index is 2.31. The van der Waals surface area contributed by atoms with Gasteiger partial charge in [0.25, 0.3) is 0 Å². The summed E-state index contributed by atoms with van der Waals surface area (Å²) >= 11 is 1.80. The molecule has 0 nitrogen and oxygen atoms in total. The first-order valence-electron chi connectivity index (χ1n) is 4.97. The predicted octanol–water partition coefficient (Wildman–Crippen LogP) is 4.57. The van der Waals surface area contributed by atoms with Crippen molar-refractivity contribution in [3.63, 3.8) is 0 Å². The highest BCUT2D eigenvalue weighted by Crippen LogP contribution is 2.31. The van der Waals surface area contributed by atoms with Crippen molar-refractivity contribution < 1.29 is 0 Å². The standard InChI is InChI=1S/C14H10S/c1-2-5-11(6-3-1)12-7-4-8-14-13(12)9-10-15-14/h1-10H. The molecule has 15 heavy (non-hydrogen) atoms. The lowest BCUT2D eigenvalue weighted by Gasteiger charge is -2.02. The third-order valence-corrected chi connectivity index (χ3v) is 3.46. The summed E-state index contributed by atoms with van der Waals surface area (Å²) in [6.07, 6.45) is 0. The number of hydrogen-bond donors (Lipinski definition) is 0. The SMILES string of the molecule is c1ccc(-c2cccc3sccc23)cc1. The van der Waals surface area contributed by atoms with Crippen molar-refractivity contribution in [2.75, 3.05) is 0 Å². The van der Waals surface area contributed by atoms with Gasteiger partial charge in [-0.2, -0.15) is 0 Å². The Morgan fingerprint density at radius 2 is 1.60 bits per heavy atom. The van der Waals surface area contributed by atoms with Gasteiger partial charge in [-0.15, -0.1) is 11.3 Å². The van der Waals surface area contributed by atoms with Crippen molar-refractivity contribution in [2.24, 2.45) is 0 Å². The van der Waals surface area contributed by atoms with E-state index in [1.165, 1.54) is 21.2 Å². The Labute approximate surface area is 92.8 Å². The van der Waals surface area contributed by atoms with Gasteiger partial charge in [-0.05, 0) is 28.6 Å². The molecule has 0 N–H and O–H groups in total. The lowest BCUT2D eigenvalue weighted by molar-refractivity contribution is 1.67. The zero-order valence-corrected chi connectivity index (χ0v) is 9.00. The molecule has 1 heterocycles. The van der Waals surface area contributed by atoms with Gasteiger partial charge in [0.2, 0.25) is 0 Å². The van der Waals surface area contributed by atoms with Crippen LogP contribution in [0, 0.1) is 0 Å². The average Bonchev–Trinajstić information content (AvgIpc) is 2.78. The van der Waals surface area contributed by atoms with Gasteiger partial charge in [0.1, 0.15) is 0 Å². The molecule has 1 aromatic heterocycles. The Bertz CT molecular complexity index is 578. The number of thiophene rings is 1. The Hall–Kier alpha value is -1.60. The van der Waals surface area contributed by atoms with Gasteiger partial charge in [-0.3, -0.25) is 0 Å². The van der Waals surface area contributed by atoms with Crippen molar-refractivity contribution in [3.05, 3.63) is 60.0 Å². The minimum Gasteiger partial charge on any atom is -0.144 e. The van der Waals surface area contributed by atoms with Crippen LogP contribution in [0.3, 0.4) is 0 Å². The predicted molar refractivity (Wildman–Crippen MR) is 67.3 cm³/mol. The first kappa shape index (κ1) is 8.69. The molecular formula is C14H10S. The second kappa shape index (κ2) is 3.52. The van der Waals surface area contributed by atoms with Crippen LogP contribution < -0.4 is 0 Å². The normalized spacial score (nSPS) is 10.7. The number of hydrogen-bond acceptors (Lipinski definition) is 1. The summed E-state index contributed by atoms with van der Waals surface area (Å²) in [7, 11) is 0. The van der Waals surface area contributed by atoms with Gasteiger partial charge in [-0.25, -0.2) is 0 Å². The number of rotatable bonds is 1. The smallest absolute Gasteiger partial charge is 0.0348 e. The molecule has 0 aliphatic heterocycles. The molecule has 72 valence electrons. The highest BCUT2D eigenvalue weighted by atomic mass is 32.1. The topological polar surface area (TPSA) is 0 Å². The molecule has 0 aliphatic rings. The van der Waals surface area contributed by atoms with Crippen LogP contribution in [-0.4, -0.2) is 0 Å². The molecule has 1 heteroatoms. The number of fused-ring (bicyclic) bond motifs is 1. The highest BCUT2D eigenvalue weighted by molar-refractivity contribution is 7.17. The fourth-order valence-corrected chi connectivity index (χ4v) is 2.68. The fraction of sp³-hybridized carbons (Fsp3) is 0.